The number of aryl methyl sites for hydroxylation is 2. The molecule has 2 aliphatic heterocycles. The van der Waals surface area contributed by atoms with Gasteiger partial charge in [0.1, 0.15) is 40.7 Å². The number of benzene rings is 3. The van der Waals surface area contributed by atoms with E-state index in [9.17, 15) is 27.2 Å². The van der Waals surface area contributed by atoms with E-state index in [2.05, 4.69) is 35.5 Å². The van der Waals surface area contributed by atoms with E-state index in [0.29, 0.717) is 42.7 Å². The summed E-state index contributed by atoms with van der Waals surface area (Å²) in [6, 6.07) is 26.5. The SMILES string of the molecule is Cc1nc(N)ccc1F.Cc1nc(NC(=O)N2CCn3ncc(-c4ccc(F)cc4)c3C2)ccc1F.Fc1ccc(-c2cnn3c2CNCC3)cc1.O=C(Cl)Oc1ccccc1. The number of nitrogen functional groups attached to an aromatic ring is 1. The lowest BCUT2D eigenvalue weighted by Gasteiger charge is -2.28. The largest absolute Gasteiger partial charge is 0.415 e. The number of hydrogen-bond donors (Lipinski definition) is 3. The second kappa shape index (κ2) is 20.9. The minimum Gasteiger partial charge on any atom is -0.415 e. The number of nitrogens with zero attached hydrogens (tertiary/aromatic N) is 7. The molecule has 0 radical (unpaired) electrons. The van der Waals surface area contributed by atoms with Gasteiger partial charge in [0.05, 0.1) is 54.8 Å². The second-order valence-corrected chi connectivity index (χ2v) is 14.0. The number of anilines is 2. The Morgan fingerprint density at radius 1 is 0.710 bits per heavy atom. The van der Waals surface area contributed by atoms with Crippen molar-refractivity contribution in [2.75, 3.05) is 24.1 Å². The molecule has 4 aromatic heterocycles. The number of pyridine rings is 2. The normalized spacial score (nSPS) is 12.5. The van der Waals surface area contributed by atoms with Gasteiger partial charge in [-0.25, -0.2) is 37.1 Å². The Hall–Kier alpha value is -7.11. The molecule has 2 aliphatic rings. The summed E-state index contributed by atoms with van der Waals surface area (Å²) in [5.74, 6) is -0.123. The fraction of sp³-hybridized carbons (Fsp3) is 0.182. The molecule has 0 fully saturated rings. The fourth-order valence-corrected chi connectivity index (χ4v) is 6.38. The third-order valence-corrected chi connectivity index (χ3v) is 9.53. The van der Waals surface area contributed by atoms with Gasteiger partial charge in [0.2, 0.25) is 0 Å². The summed E-state index contributed by atoms with van der Waals surface area (Å²) in [6.07, 6.45) is 3.59. The Labute approximate surface area is 359 Å². The first-order valence-corrected chi connectivity index (χ1v) is 19.5. The zero-order valence-electron chi connectivity index (χ0n) is 33.5. The number of halogens is 5. The third-order valence-electron chi connectivity index (χ3n) is 9.45. The predicted molar refractivity (Wildman–Crippen MR) is 227 cm³/mol. The Kier molecular flexibility index (Phi) is 15.0. The number of urea groups is 1. The lowest BCUT2D eigenvalue weighted by Crippen LogP contribution is -2.41. The highest BCUT2D eigenvalue weighted by molar-refractivity contribution is 6.61. The maximum atomic E-state index is 13.3. The molecule has 18 heteroatoms. The molecule has 6 heterocycles. The number of carbonyl (C=O) groups is 2. The highest BCUT2D eigenvalue weighted by Gasteiger charge is 2.25. The lowest BCUT2D eigenvalue weighted by molar-refractivity contribution is 0.194. The van der Waals surface area contributed by atoms with E-state index in [1.54, 1.807) is 73.5 Å². The van der Waals surface area contributed by atoms with Crippen LogP contribution in [0.15, 0.2) is 116 Å². The summed E-state index contributed by atoms with van der Waals surface area (Å²) >= 11 is 4.95. The fourth-order valence-electron chi connectivity index (χ4n) is 6.29. The van der Waals surface area contributed by atoms with Gasteiger partial charge in [0.15, 0.2) is 0 Å². The molecule has 3 aromatic carbocycles. The summed E-state index contributed by atoms with van der Waals surface area (Å²) in [5.41, 5.74) is 10.9. The van der Waals surface area contributed by atoms with E-state index in [1.807, 2.05) is 21.6 Å². The monoisotopic (exact) mass is 868 g/mol. The molecule has 62 heavy (non-hydrogen) atoms. The molecule has 9 rings (SSSR count). The molecule has 7 aromatic rings. The van der Waals surface area contributed by atoms with Crippen molar-refractivity contribution in [3.8, 4) is 28.0 Å². The first-order valence-electron chi connectivity index (χ1n) is 19.2. The summed E-state index contributed by atoms with van der Waals surface area (Å²) in [4.78, 5) is 32.1. The summed E-state index contributed by atoms with van der Waals surface area (Å²) < 4.78 is 60.1. The lowest BCUT2D eigenvalue weighted by atomic mass is 10.1. The molecule has 0 saturated carbocycles. The quantitative estimate of drug-likeness (QED) is 0.116. The number of para-hydroxylation sites is 1. The first kappa shape index (κ1) is 44.4. The van der Waals surface area contributed by atoms with Gasteiger partial charge in [0, 0.05) is 42.4 Å². The van der Waals surface area contributed by atoms with E-state index in [-0.39, 0.29) is 29.2 Å². The molecule has 2 amide bonds. The number of rotatable bonds is 4. The van der Waals surface area contributed by atoms with Crippen LogP contribution in [-0.2, 0) is 26.2 Å². The van der Waals surface area contributed by atoms with Crippen LogP contribution in [0.4, 0.5) is 38.8 Å². The minimum atomic E-state index is -0.814. The highest BCUT2D eigenvalue weighted by atomic mass is 35.5. The van der Waals surface area contributed by atoms with E-state index in [1.165, 1.54) is 54.2 Å². The van der Waals surface area contributed by atoms with Crippen LogP contribution in [0.3, 0.4) is 0 Å². The molecule has 0 saturated heterocycles. The Balaban J connectivity index is 0.000000154. The molecular formula is C44H41ClF4N10O3. The van der Waals surface area contributed by atoms with Crippen LogP contribution in [-0.4, -0.2) is 59.0 Å². The van der Waals surface area contributed by atoms with Gasteiger partial charge in [0.25, 0.3) is 0 Å². The van der Waals surface area contributed by atoms with Gasteiger partial charge in [-0.3, -0.25) is 14.7 Å². The van der Waals surface area contributed by atoms with Crippen LogP contribution in [0.2, 0.25) is 0 Å². The highest BCUT2D eigenvalue weighted by Crippen LogP contribution is 2.28. The maximum Gasteiger partial charge on any atom is 0.409 e. The Morgan fingerprint density at radius 2 is 1.27 bits per heavy atom. The second-order valence-electron chi connectivity index (χ2n) is 13.7. The number of nitrogens with one attached hydrogen (secondary N) is 2. The van der Waals surface area contributed by atoms with E-state index < -0.39 is 11.2 Å². The molecule has 13 nitrogen and oxygen atoms in total. The summed E-state index contributed by atoms with van der Waals surface area (Å²) in [5, 5.41) is 14.7. The van der Waals surface area contributed by atoms with Crippen molar-refractivity contribution < 1.29 is 31.9 Å². The number of hydrogen-bond acceptors (Lipinski definition) is 9. The van der Waals surface area contributed by atoms with E-state index >= 15 is 0 Å². The number of fused-ring (bicyclic) bond motifs is 2. The van der Waals surface area contributed by atoms with Crippen molar-refractivity contribution in [2.45, 2.75) is 40.0 Å². The molecular weight excluding hydrogens is 828 g/mol. The van der Waals surface area contributed by atoms with Gasteiger partial charge in [-0.05, 0) is 85.6 Å². The summed E-state index contributed by atoms with van der Waals surface area (Å²) in [7, 11) is 0. The standard InChI is InChI=1S/C19H17F2N5O.C12H12FN3.C7H5ClO2.C6H7FN2/c1-12-16(21)6-7-18(23-12)24-19(27)25-8-9-26-17(11-25)15(10-22-26)13-2-4-14(20)5-3-13;13-10-3-1-9(2-4-10)11-7-15-16-6-5-14-8-12(11)16;8-7(9)10-6-4-2-1-3-5-6;1-4-5(7)2-3-6(8)9-4/h2-7,10H,8-9,11H2,1H3,(H,23,24,27);1-4,7,14H,5-6,8H2;1-5H;2-3H,1H3,(H2,8,9). The van der Waals surface area contributed by atoms with Gasteiger partial charge in [-0.15, -0.1) is 0 Å². The van der Waals surface area contributed by atoms with Crippen LogP contribution in [0.25, 0.3) is 22.3 Å². The van der Waals surface area contributed by atoms with Crippen molar-refractivity contribution in [2.24, 2.45) is 0 Å². The van der Waals surface area contributed by atoms with E-state index in [0.717, 1.165) is 47.6 Å². The third kappa shape index (κ3) is 12.0. The molecule has 320 valence electrons. The van der Waals surface area contributed by atoms with Crippen molar-refractivity contribution in [3.63, 3.8) is 0 Å². The Bertz CT molecular complexity index is 2610. The molecule has 0 spiro atoms. The number of nitrogens with two attached hydrogens (primary N) is 1. The van der Waals surface area contributed by atoms with Crippen LogP contribution < -0.4 is 21.1 Å². The van der Waals surface area contributed by atoms with Crippen LogP contribution >= 0.6 is 11.6 Å². The van der Waals surface area contributed by atoms with Crippen molar-refractivity contribution in [1.82, 2.24) is 39.7 Å². The van der Waals surface area contributed by atoms with Gasteiger partial charge >= 0.3 is 11.5 Å². The van der Waals surface area contributed by atoms with Crippen molar-refractivity contribution >= 4 is 34.7 Å². The number of ether oxygens (including phenoxy) is 1. The minimum absolute atomic E-state index is 0.206. The van der Waals surface area contributed by atoms with Crippen LogP contribution in [0.1, 0.15) is 22.8 Å². The van der Waals surface area contributed by atoms with Crippen molar-refractivity contribution in [1.29, 1.82) is 0 Å². The van der Waals surface area contributed by atoms with Crippen molar-refractivity contribution in [3.05, 3.63) is 162 Å². The average molecular weight is 869 g/mol. The molecule has 0 aliphatic carbocycles. The predicted octanol–water partition coefficient (Wildman–Crippen LogP) is 8.91. The van der Waals surface area contributed by atoms with Crippen LogP contribution in [0, 0.1) is 37.1 Å². The topological polar surface area (TPSA) is 158 Å². The zero-order valence-corrected chi connectivity index (χ0v) is 34.3. The van der Waals surface area contributed by atoms with Gasteiger partial charge in [-0.1, -0.05) is 42.5 Å². The zero-order chi connectivity index (χ0) is 44.2. The number of amides is 2. The maximum absolute atomic E-state index is 13.3. The number of carbonyl (C=O) groups excluding carboxylic acids is 2. The smallest absolute Gasteiger partial charge is 0.409 e. The summed E-state index contributed by atoms with van der Waals surface area (Å²) in [6.45, 7) is 7.20. The van der Waals surface area contributed by atoms with Gasteiger partial charge < -0.3 is 20.7 Å². The Morgan fingerprint density at radius 3 is 1.84 bits per heavy atom. The molecule has 0 atom stereocenters. The molecule has 0 unspecified atom stereocenters. The molecule has 0 bridgehead atoms. The van der Waals surface area contributed by atoms with E-state index in [4.69, 9.17) is 17.3 Å². The average Bonchev–Trinajstić information content (AvgIpc) is 3.90. The molecule has 4 N–H and O–H groups in total. The van der Waals surface area contributed by atoms with Gasteiger partial charge in [-0.2, -0.15) is 10.2 Å². The van der Waals surface area contributed by atoms with Crippen LogP contribution in [0.5, 0.6) is 5.75 Å². The first-order chi connectivity index (χ1) is 29.8. The number of aromatic nitrogens is 6.